The molecule has 1 amide bonds. The normalized spacial score (nSPS) is 11.2. The number of carbonyl (C=O) groups excluding carboxylic acids is 1. The van der Waals surface area contributed by atoms with Gasteiger partial charge in [-0.05, 0) is 23.8 Å². The molecular weight excluding hydrogens is 383 g/mol. The molecule has 0 aliphatic rings. The van der Waals surface area contributed by atoms with E-state index >= 15 is 0 Å². The Balaban J connectivity index is 1.63. The summed E-state index contributed by atoms with van der Waals surface area (Å²) in [6, 6.07) is 15.5. The number of fused-ring (bicyclic) bond motifs is 1. The van der Waals surface area contributed by atoms with Crippen molar-refractivity contribution in [1.82, 2.24) is 10.4 Å². The molecule has 1 heterocycles. The third-order valence-corrected chi connectivity index (χ3v) is 4.52. The van der Waals surface area contributed by atoms with Crippen LogP contribution in [0.5, 0.6) is 0 Å². The van der Waals surface area contributed by atoms with E-state index in [1.165, 1.54) is 0 Å². The molecule has 0 atom stereocenters. The maximum absolute atomic E-state index is 12.3. The van der Waals surface area contributed by atoms with Crippen molar-refractivity contribution in [2.45, 2.75) is 0 Å². The van der Waals surface area contributed by atoms with Gasteiger partial charge in [0.05, 0.1) is 11.8 Å². The largest absolute Gasteiger partial charge is 0.369 e. The smallest absolute Gasteiger partial charge is 0.273 e. The molecule has 2 aromatic carbocycles. The first-order chi connectivity index (χ1) is 13.2. The Kier molecular flexibility index (Phi) is 6.74. The predicted octanol–water partition coefficient (Wildman–Crippen LogP) is 4.22. The molecular formula is C20H20Cl2N4O. The van der Waals surface area contributed by atoms with Gasteiger partial charge in [0, 0.05) is 47.6 Å². The van der Waals surface area contributed by atoms with Crippen molar-refractivity contribution in [3.63, 3.8) is 0 Å². The summed E-state index contributed by atoms with van der Waals surface area (Å²) in [6.07, 6.45) is 3.30. The Morgan fingerprint density at radius 1 is 1.07 bits per heavy atom. The molecule has 1 aromatic heterocycles. The van der Waals surface area contributed by atoms with Gasteiger partial charge in [-0.3, -0.25) is 4.79 Å². The van der Waals surface area contributed by atoms with Crippen LogP contribution < -0.4 is 10.3 Å². The number of nitrogens with one attached hydrogen (secondary N) is 2. The van der Waals surface area contributed by atoms with Crippen LogP contribution in [0, 0.1) is 0 Å². The number of para-hydroxylation sites is 1. The lowest BCUT2D eigenvalue weighted by molar-refractivity contribution is 0.0957. The number of hydrazone groups is 1. The van der Waals surface area contributed by atoms with Gasteiger partial charge in [-0.25, -0.2) is 5.43 Å². The molecule has 0 aliphatic carbocycles. The highest BCUT2D eigenvalue weighted by molar-refractivity contribution is 6.18. The SMILES string of the molecule is O=C(N/N=C/c1ccc(N(CCCl)CCCl)cc1)c1c[nH]c2ccccc12. The van der Waals surface area contributed by atoms with Crippen LogP contribution in [-0.2, 0) is 0 Å². The molecule has 3 aromatic rings. The van der Waals surface area contributed by atoms with Crippen LogP contribution in [0.25, 0.3) is 10.9 Å². The summed E-state index contributed by atoms with van der Waals surface area (Å²) in [5.74, 6) is 0.829. The van der Waals surface area contributed by atoms with Crippen molar-refractivity contribution in [3.8, 4) is 0 Å². The molecule has 0 bridgehead atoms. The Morgan fingerprint density at radius 2 is 1.78 bits per heavy atom. The fraction of sp³-hybridized carbons (Fsp3) is 0.200. The van der Waals surface area contributed by atoms with Crippen molar-refractivity contribution < 1.29 is 4.79 Å². The Hall–Kier alpha value is -2.50. The highest BCUT2D eigenvalue weighted by Crippen LogP contribution is 2.17. The molecule has 0 saturated carbocycles. The predicted molar refractivity (Wildman–Crippen MR) is 113 cm³/mol. The molecule has 0 fully saturated rings. The van der Waals surface area contributed by atoms with Gasteiger partial charge in [-0.15, -0.1) is 23.2 Å². The summed E-state index contributed by atoms with van der Waals surface area (Å²) >= 11 is 11.7. The zero-order valence-corrected chi connectivity index (χ0v) is 16.2. The third-order valence-electron chi connectivity index (χ3n) is 4.18. The fourth-order valence-corrected chi connectivity index (χ4v) is 3.24. The van der Waals surface area contributed by atoms with Crippen LogP contribution in [0.15, 0.2) is 59.8 Å². The van der Waals surface area contributed by atoms with Gasteiger partial charge in [0.1, 0.15) is 0 Å². The number of nitrogens with zero attached hydrogens (tertiary/aromatic N) is 2. The lowest BCUT2D eigenvalue weighted by Gasteiger charge is -2.22. The minimum atomic E-state index is -0.254. The van der Waals surface area contributed by atoms with E-state index in [1.807, 2.05) is 48.5 Å². The van der Waals surface area contributed by atoms with E-state index in [-0.39, 0.29) is 5.91 Å². The van der Waals surface area contributed by atoms with Crippen molar-refractivity contribution >= 4 is 51.9 Å². The van der Waals surface area contributed by atoms with E-state index in [4.69, 9.17) is 23.2 Å². The van der Waals surface area contributed by atoms with Crippen LogP contribution in [0.4, 0.5) is 5.69 Å². The second kappa shape index (κ2) is 9.44. The van der Waals surface area contributed by atoms with Crippen LogP contribution >= 0.6 is 23.2 Å². The first kappa shape index (κ1) is 19.3. The zero-order valence-electron chi connectivity index (χ0n) is 14.7. The van der Waals surface area contributed by atoms with Crippen LogP contribution in [0.3, 0.4) is 0 Å². The van der Waals surface area contributed by atoms with Gasteiger partial charge in [0.15, 0.2) is 0 Å². The lowest BCUT2D eigenvalue weighted by atomic mass is 10.2. The Labute approximate surface area is 168 Å². The number of aromatic nitrogens is 1. The van der Waals surface area contributed by atoms with E-state index in [9.17, 15) is 4.79 Å². The van der Waals surface area contributed by atoms with Crippen LogP contribution in [0.1, 0.15) is 15.9 Å². The van der Waals surface area contributed by atoms with E-state index < -0.39 is 0 Å². The molecule has 0 aliphatic heterocycles. The first-order valence-electron chi connectivity index (χ1n) is 8.59. The zero-order chi connectivity index (χ0) is 19.1. The quantitative estimate of drug-likeness (QED) is 0.336. The van der Waals surface area contributed by atoms with Crippen molar-refractivity contribution in [3.05, 3.63) is 65.9 Å². The van der Waals surface area contributed by atoms with Gasteiger partial charge in [-0.2, -0.15) is 5.10 Å². The maximum atomic E-state index is 12.3. The summed E-state index contributed by atoms with van der Waals surface area (Å²) in [4.78, 5) is 17.5. The Morgan fingerprint density at radius 3 is 2.48 bits per heavy atom. The highest BCUT2D eigenvalue weighted by atomic mass is 35.5. The monoisotopic (exact) mass is 402 g/mol. The minimum absolute atomic E-state index is 0.254. The number of aromatic amines is 1. The molecule has 140 valence electrons. The lowest BCUT2D eigenvalue weighted by Crippen LogP contribution is -2.27. The Bertz CT molecular complexity index is 915. The molecule has 0 saturated heterocycles. The standard InChI is InChI=1S/C20H20Cl2N4O/c21-9-11-26(12-10-22)16-7-5-15(6-8-16)13-24-25-20(27)18-14-23-19-4-2-1-3-17(18)19/h1-8,13-14,23H,9-12H2,(H,25,27)/b24-13+. The van der Waals surface area contributed by atoms with E-state index in [2.05, 4.69) is 20.4 Å². The van der Waals surface area contributed by atoms with E-state index in [1.54, 1.807) is 12.4 Å². The molecule has 27 heavy (non-hydrogen) atoms. The molecule has 7 heteroatoms. The number of amides is 1. The van der Waals surface area contributed by atoms with Crippen molar-refractivity contribution in [2.24, 2.45) is 5.10 Å². The molecule has 3 rings (SSSR count). The molecule has 0 unspecified atom stereocenters. The second-order valence-electron chi connectivity index (χ2n) is 5.90. The number of H-pyrrole nitrogens is 1. The average Bonchev–Trinajstić information content (AvgIpc) is 3.13. The minimum Gasteiger partial charge on any atom is -0.369 e. The van der Waals surface area contributed by atoms with Gasteiger partial charge in [0.2, 0.25) is 0 Å². The number of alkyl halides is 2. The van der Waals surface area contributed by atoms with Crippen LogP contribution in [-0.4, -0.2) is 42.0 Å². The first-order valence-corrected chi connectivity index (χ1v) is 9.66. The number of carbonyl (C=O) groups is 1. The molecule has 0 spiro atoms. The molecule has 0 radical (unpaired) electrons. The van der Waals surface area contributed by atoms with Crippen LogP contribution in [0.2, 0.25) is 0 Å². The third kappa shape index (κ3) is 4.81. The van der Waals surface area contributed by atoms with Gasteiger partial charge in [0.25, 0.3) is 5.91 Å². The number of benzene rings is 2. The number of halogens is 2. The summed E-state index contributed by atoms with van der Waals surface area (Å²) in [5.41, 5.74) is 5.99. The fourth-order valence-electron chi connectivity index (χ4n) is 2.83. The van der Waals surface area contributed by atoms with Gasteiger partial charge in [-0.1, -0.05) is 30.3 Å². The molecule has 5 nitrogen and oxygen atoms in total. The van der Waals surface area contributed by atoms with Gasteiger partial charge >= 0.3 is 0 Å². The maximum Gasteiger partial charge on any atom is 0.273 e. The number of hydrogen-bond acceptors (Lipinski definition) is 3. The van der Waals surface area contributed by atoms with E-state index in [0.717, 1.165) is 35.2 Å². The summed E-state index contributed by atoms with van der Waals surface area (Å²) in [5, 5.41) is 4.93. The summed E-state index contributed by atoms with van der Waals surface area (Å²) in [6.45, 7) is 1.48. The highest BCUT2D eigenvalue weighted by Gasteiger charge is 2.10. The second-order valence-corrected chi connectivity index (χ2v) is 6.66. The van der Waals surface area contributed by atoms with Crippen molar-refractivity contribution in [2.75, 3.05) is 29.7 Å². The van der Waals surface area contributed by atoms with Crippen molar-refractivity contribution in [1.29, 1.82) is 0 Å². The average molecular weight is 403 g/mol. The summed E-state index contributed by atoms with van der Waals surface area (Å²) in [7, 11) is 0. The summed E-state index contributed by atoms with van der Waals surface area (Å²) < 4.78 is 0. The number of rotatable bonds is 8. The topological polar surface area (TPSA) is 60.5 Å². The number of anilines is 1. The van der Waals surface area contributed by atoms with Gasteiger partial charge < -0.3 is 9.88 Å². The molecule has 2 N–H and O–H groups in total. The number of hydrogen-bond donors (Lipinski definition) is 2. The van der Waals surface area contributed by atoms with E-state index in [0.29, 0.717) is 17.3 Å².